The van der Waals surface area contributed by atoms with Crippen molar-refractivity contribution in [1.29, 1.82) is 0 Å². The van der Waals surface area contributed by atoms with Crippen molar-refractivity contribution < 1.29 is 0 Å². The maximum absolute atomic E-state index is 5.96. The van der Waals surface area contributed by atoms with Crippen molar-refractivity contribution >= 4 is 57.1 Å². The van der Waals surface area contributed by atoms with Crippen molar-refractivity contribution in [2.24, 2.45) is 0 Å². The summed E-state index contributed by atoms with van der Waals surface area (Å²) in [7, 11) is 0. The Morgan fingerprint density at radius 3 is 2.44 bits per heavy atom. The summed E-state index contributed by atoms with van der Waals surface area (Å²) in [6.45, 7) is 0. The summed E-state index contributed by atoms with van der Waals surface area (Å²) >= 11 is 9.58. The van der Waals surface area contributed by atoms with Crippen LogP contribution in [0.1, 0.15) is 0 Å². The number of halogens is 2. The van der Waals surface area contributed by atoms with E-state index < -0.39 is 0 Å². The summed E-state index contributed by atoms with van der Waals surface area (Å²) in [6, 6.07) is 13.9. The topological polar surface area (TPSA) is 26.0 Å². The summed E-state index contributed by atoms with van der Waals surface area (Å²) in [5.74, 6) is 0. The first-order valence-corrected chi connectivity index (χ1v) is 7.52. The molecular formula is C12H9BrClNSe. The summed E-state index contributed by atoms with van der Waals surface area (Å²) < 4.78 is 3.50. The fourth-order valence-corrected chi connectivity index (χ4v) is 3.69. The summed E-state index contributed by atoms with van der Waals surface area (Å²) in [6.07, 6.45) is 0. The average Bonchev–Trinajstić information content (AvgIpc) is 2.27. The van der Waals surface area contributed by atoms with Gasteiger partial charge in [0, 0.05) is 0 Å². The number of hydrogen-bond donors (Lipinski definition) is 1. The van der Waals surface area contributed by atoms with Crippen molar-refractivity contribution in [1.82, 2.24) is 0 Å². The molecule has 0 amide bonds. The van der Waals surface area contributed by atoms with Gasteiger partial charge in [0.1, 0.15) is 0 Å². The van der Waals surface area contributed by atoms with Crippen LogP contribution in [0, 0.1) is 0 Å². The van der Waals surface area contributed by atoms with Gasteiger partial charge in [-0.2, -0.15) is 0 Å². The van der Waals surface area contributed by atoms with Gasteiger partial charge in [0.25, 0.3) is 0 Å². The second-order valence-electron chi connectivity index (χ2n) is 3.24. The SMILES string of the molecule is Nc1ccc(Cl)cc1[Se]c1ccc(Br)cc1. The fourth-order valence-electron chi connectivity index (χ4n) is 1.23. The number of anilines is 1. The van der Waals surface area contributed by atoms with Gasteiger partial charge in [-0.25, -0.2) is 0 Å². The molecule has 2 aromatic rings. The van der Waals surface area contributed by atoms with Crippen LogP contribution in [0.15, 0.2) is 46.9 Å². The summed E-state index contributed by atoms with van der Waals surface area (Å²) in [4.78, 5) is 0. The molecule has 0 aliphatic carbocycles. The molecule has 0 radical (unpaired) electrons. The number of nitrogen functional groups attached to an aromatic ring is 1. The van der Waals surface area contributed by atoms with Crippen molar-refractivity contribution in [3.05, 3.63) is 52.0 Å². The molecule has 0 saturated carbocycles. The summed E-state index contributed by atoms with van der Waals surface area (Å²) in [5, 5.41) is 0.739. The molecule has 2 aromatic carbocycles. The van der Waals surface area contributed by atoms with Crippen LogP contribution in [0.4, 0.5) is 5.69 Å². The molecule has 4 heteroatoms. The zero-order chi connectivity index (χ0) is 11.5. The number of nitrogens with two attached hydrogens (primary N) is 1. The van der Waals surface area contributed by atoms with E-state index in [0.29, 0.717) is 0 Å². The van der Waals surface area contributed by atoms with Crippen molar-refractivity contribution in [3.8, 4) is 0 Å². The molecule has 0 aliphatic heterocycles. The molecule has 0 saturated heterocycles. The van der Waals surface area contributed by atoms with Gasteiger partial charge in [0.05, 0.1) is 0 Å². The fraction of sp³-hybridized carbons (Fsp3) is 0. The predicted octanol–water partition coefficient (Wildman–Crippen LogP) is 2.34. The molecule has 2 N–H and O–H groups in total. The van der Waals surface area contributed by atoms with E-state index >= 15 is 0 Å². The van der Waals surface area contributed by atoms with E-state index in [0.717, 1.165) is 19.6 Å². The third-order valence-corrected chi connectivity index (χ3v) is 5.05. The van der Waals surface area contributed by atoms with E-state index in [1.807, 2.05) is 30.3 Å². The Bertz CT molecular complexity index is 499. The first-order chi connectivity index (χ1) is 7.65. The number of rotatable bonds is 2. The van der Waals surface area contributed by atoms with E-state index in [9.17, 15) is 0 Å². The first-order valence-electron chi connectivity index (χ1n) is 4.63. The molecule has 0 aromatic heterocycles. The van der Waals surface area contributed by atoms with Gasteiger partial charge >= 0.3 is 115 Å². The normalized spacial score (nSPS) is 10.4. The van der Waals surface area contributed by atoms with Crippen LogP contribution in [0.3, 0.4) is 0 Å². The van der Waals surface area contributed by atoms with Crippen molar-refractivity contribution in [3.63, 3.8) is 0 Å². The molecule has 0 atom stereocenters. The minimum atomic E-state index is 0.204. The molecule has 0 fully saturated rings. The minimum absolute atomic E-state index is 0.204. The molecule has 82 valence electrons. The molecule has 0 bridgehead atoms. The molecule has 0 spiro atoms. The van der Waals surface area contributed by atoms with Crippen LogP contribution in [0.5, 0.6) is 0 Å². The Kier molecular flexibility index (Phi) is 3.93. The van der Waals surface area contributed by atoms with Gasteiger partial charge in [-0.3, -0.25) is 0 Å². The second kappa shape index (κ2) is 5.24. The van der Waals surface area contributed by atoms with Gasteiger partial charge in [0.2, 0.25) is 0 Å². The number of hydrogen-bond acceptors (Lipinski definition) is 1. The Morgan fingerprint density at radius 2 is 1.75 bits per heavy atom. The van der Waals surface area contributed by atoms with Crippen LogP contribution < -0.4 is 14.7 Å². The molecular weight excluding hydrogens is 352 g/mol. The van der Waals surface area contributed by atoms with Crippen LogP contribution >= 0.6 is 27.5 Å². The van der Waals surface area contributed by atoms with Gasteiger partial charge in [-0.15, -0.1) is 0 Å². The van der Waals surface area contributed by atoms with E-state index in [1.165, 1.54) is 4.46 Å². The quantitative estimate of drug-likeness (QED) is 0.645. The van der Waals surface area contributed by atoms with E-state index in [1.54, 1.807) is 0 Å². The Balaban J connectivity index is 2.26. The third-order valence-electron chi connectivity index (χ3n) is 2.02. The Labute approximate surface area is 114 Å². The Hall–Kier alpha value is -0.471. The van der Waals surface area contributed by atoms with E-state index in [2.05, 4.69) is 28.1 Å². The van der Waals surface area contributed by atoms with Crippen LogP contribution in [0.2, 0.25) is 5.02 Å². The standard InChI is InChI=1S/C12H9BrClNSe/c13-8-1-4-10(5-2-8)16-12-7-9(14)3-6-11(12)15/h1-7H,15H2. The van der Waals surface area contributed by atoms with Crippen molar-refractivity contribution in [2.75, 3.05) is 5.73 Å². The zero-order valence-electron chi connectivity index (χ0n) is 8.28. The molecule has 2 rings (SSSR count). The maximum atomic E-state index is 5.96. The molecule has 0 heterocycles. The Morgan fingerprint density at radius 1 is 1.06 bits per heavy atom. The second-order valence-corrected chi connectivity index (χ2v) is 6.93. The van der Waals surface area contributed by atoms with E-state index in [4.69, 9.17) is 17.3 Å². The zero-order valence-corrected chi connectivity index (χ0v) is 12.3. The van der Waals surface area contributed by atoms with Gasteiger partial charge < -0.3 is 0 Å². The third kappa shape index (κ3) is 3.02. The van der Waals surface area contributed by atoms with Crippen LogP contribution in [0.25, 0.3) is 0 Å². The van der Waals surface area contributed by atoms with Crippen molar-refractivity contribution in [2.45, 2.75) is 0 Å². The summed E-state index contributed by atoms with van der Waals surface area (Å²) in [5.41, 5.74) is 6.73. The van der Waals surface area contributed by atoms with Gasteiger partial charge in [-0.05, 0) is 0 Å². The van der Waals surface area contributed by atoms with Crippen LogP contribution in [-0.2, 0) is 0 Å². The predicted molar refractivity (Wildman–Crippen MR) is 75.0 cm³/mol. The number of benzene rings is 2. The molecule has 0 aliphatic rings. The van der Waals surface area contributed by atoms with Crippen LogP contribution in [-0.4, -0.2) is 15.0 Å². The average molecular weight is 362 g/mol. The van der Waals surface area contributed by atoms with Gasteiger partial charge in [-0.1, -0.05) is 0 Å². The molecule has 0 unspecified atom stereocenters. The molecule has 1 nitrogen and oxygen atoms in total. The monoisotopic (exact) mass is 361 g/mol. The van der Waals surface area contributed by atoms with E-state index in [-0.39, 0.29) is 15.0 Å². The van der Waals surface area contributed by atoms with Gasteiger partial charge in [0.15, 0.2) is 0 Å². The first kappa shape index (κ1) is 12.0. The molecule has 16 heavy (non-hydrogen) atoms.